The molecule has 0 aliphatic heterocycles. The molecule has 3 heteroatoms. The molecule has 0 fully saturated rings. The monoisotopic (exact) mass is 224 g/mol. The largest absolute Gasteiger partial charge is 0.387 e. The second-order valence-electron chi connectivity index (χ2n) is 5.63. The minimum absolute atomic E-state index is 0.274. The van der Waals surface area contributed by atoms with Crippen LogP contribution in [0.1, 0.15) is 58.8 Å². The zero-order chi connectivity index (χ0) is 12.2. The molecule has 0 aromatic carbocycles. The van der Waals surface area contributed by atoms with Gasteiger partial charge in [-0.2, -0.15) is 0 Å². The number of rotatable bonds is 5. The standard InChI is InChI=1S/C13H24N2O/c1-5-8-15-10-14-9-11(15)12(16)6-7-13(2,3)4/h9-10,12,16H,5-8H2,1-4H3. The van der Waals surface area contributed by atoms with Crippen LogP contribution in [0.25, 0.3) is 0 Å². The lowest BCUT2D eigenvalue weighted by atomic mass is 9.89. The zero-order valence-corrected chi connectivity index (χ0v) is 10.9. The molecule has 0 saturated carbocycles. The first-order valence-corrected chi connectivity index (χ1v) is 6.12. The fourth-order valence-electron chi connectivity index (χ4n) is 1.75. The molecule has 0 spiro atoms. The van der Waals surface area contributed by atoms with Crippen molar-refractivity contribution in [3.63, 3.8) is 0 Å². The average Bonchev–Trinajstić information content (AvgIpc) is 2.62. The first-order chi connectivity index (χ1) is 7.44. The highest BCUT2D eigenvalue weighted by atomic mass is 16.3. The van der Waals surface area contributed by atoms with Gasteiger partial charge in [-0.15, -0.1) is 0 Å². The van der Waals surface area contributed by atoms with Gasteiger partial charge in [-0.1, -0.05) is 27.7 Å². The molecule has 1 aromatic heterocycles. The van der Waals surface area contributed by atoms with Gasteiger partial charge in [0.2, 0.25) is 0 Å². The Labute approximate surface area is 98.5 Å². The lowest BCUT2D eigenvalue weighted by molar-refractivity contribution is 0.139. The maximum atomic E-state index is 10.1. The lowest BCUT2D eigenvalue weighted by Gasteiger charge is -2.20. The quantitative estimate of drug-likeness (QED) is 0.834. The van der Waals surface area contributed by atoms with Crippen LogP contribution in [0, 0.1) is 5.41 Å². The Morgan fingerprint density at radius 2 is 2.12 bits per heavy atom. The van der Waals surface area contributed by atoms with Crippen LogP contribution < -0.4 is 0 Å². The van der Waals surface area contributed by atoms with Crippen molar-refractivity contribution in [3.05, 3.63) is 18.2 Å². The van der Waals surface area contributed by atoms with Gasteiger partial charge in [-0.3, -0.25) is 0 Å². The van der Waals surface area contributed by atoms with Crippen LogP contribution in [0.3, 0.4) is 0 Å². The second kappa shape index (κ2) is 5.48. The van der Waals surface area contributed by atoms with Gasteiger partial charge < -0.3 is 9.67 Å². The maximum absolute atomic E-state index is 10.1. The van der Waals surface area contributed by atoms with Crippen LogP contribution >= 0.6 is 0 Å². The Bertz CT molecular complexity index is 312. The highest BCUT2D eigenvalue weighted by Gasteiger charge is 2.17. The molecule has 1 rings (SSSR count). The van der Waals surface area contributed by atoms with E-state index in [0.29, 0.717) is 0 Å². The van der Waals surface area contributed by atoms with E-state index in [1.165, 1.54) is 0 Å². The number of aryl methyl sites for hydroxylation is 1. The van der Waals surface area contributed by atoms with Crippen molar-refractivity contribution in [3.8, 4) is 0 Å². The van der Waals surface area contributed by atoms with E-state index in [0.717, 1.165) is 31.5 Å². The van der Waals surface area contributed by atoms with Crippen LogP contribution in [-0.4, -0.2) is 14.7 Å². The summed E-state index contributed by atoms with van der Waals surface area (Å²) in [6.45, 7) is 9.66. The number of hydrogen-bond donors (Lipinski definition) is 1. The Kier molecular flexibility index (Phi) is 4.54. The molecule has 3 nitrogen and oxygen atoms in total. The molecule has 1 unspecified atom stereocenters. The van der Waals surface area contributed by atoms with Gasteiger partial charge in [-0.05, 0) is 24.7 Å². The van der Waals surface area contributed by atoms with Crippen LogP contribution in [0.15, 0.2) is 12.5 Å². The minimum atomic E-state index is -0.381. The summed E-state index contributed by atoms with van der Waals surface area (Å²) in [6.07, 6.45) is 6.09. The molecule has 0 aliphatic carbocycles. The van der Waals surface area contributed by atoms with E-state index in [-0.39, 0.29) is 11.5 Å². The van der Waals surface area contributed by atoms with E-state index >= 15 is 0 Å². The van der Waals surface area contributed by atoms with E-state index in [4.69, 9.17) is 0 Å². The van der Waals surface area contributed by atoms with Gasteiger partial charge in [0, 0.05) is 6.54 Å². The van der Waals surface area contributed by atoms with E-state index in [1.807, 2.05) is 4.57 Å². The van der Waals surface area contributed by atoms with Gasteiger partial charge >= 0.3 is 0 Å². The van der Waals surface area contributed by atoms with Crippen molar-refractivity contribution >= 4 is 0 Å². The lowest BCUT2D eigenvalue weighted by Crippen LogP contribution is -2.11. The Hall–Kier alpha value is -0.830. The Balaban J connectivity index is 2.58. The minimum Gasteiger partial charge on any atom is -0.387 e. The molecule has 92 valence electrons. The van der Waals surface area contributed by atoms with Gasteiger partial charge in [0.15, 0.2) is 0 Å². The molecular weight excluding hydrogens is 200 g/mol. The van der Waals surface area contributed by atoms with Crippen molar-refractivity contribution in [2.75, 3.05) is 0 Å². The summed E-state index contributed by atoms with van der Waals surface area (Å²) in [5.74, 6) is 0. The van der Waals surface area contributed by atoms with Crippen LogP contribution in [0.2, 0.25) is 0 Å². The van der Waals surface area contributed by atoms with Gasteiger partial charge in [0.25, 0.3) is 0 Å². The maximum Gasteiger partial charge on any atom is 0.0956 e. The number of hydrogen-bond acceptors (Lipinski definition) is 2. The van der Waals surface area contributed by atoms with Gasteiger partial charge in [-0.25, -0.2) is 4.98 Å². The molecule has 1 atom stereocenters. The summed E-state index contributed by atoms with van der Waals surface area (Å²) < 4.78 is 2.05. The molecule has 16 heavy (non-hydrogen) atoms. The van der Waals surface area contributed by atoms with Crippen LogP contribution in [0.4, 0.5) is 0 Å². The molecule has 1 N–H and O–H groups in total. The first-order valence-electron chi connectivity index (χ1n) is 6.12. The fraction of sp³-hybridized carbons (Fsp3) is 0.769. The summed E-state index contributed by atoms with van der Waals surface area (Å²) in [6, 6.07) is 0. The fourth-order valence-corrected chi connectivity index (χ4v) is 1.75. The number of aliphatic hydroxyl groups is 1. The van der Waals surface area contributed by atoms with Crippen molar-refractivity contribution in [2.24, 2.45) is 5.41 Å². The summed E-state index contributed by atoms with van der Waals surface area (Å²) in [4.78, 5) is 4.11. The summed E-state index contributed by atoms with van der Waals surface area (Å²) in [7, 11) is 0. The molecule has 0 aliphatic rings. The summed E-state index contributed by atoms with van der Waals surface area (Å²) in [5.41, 5.74) is 1.22. The predicted octanol–water partition coefficient (Wildman–Crippen LogP) is 3.15. The molecule has 0 radical (unpaired) electrons. The molecule has 1 heterocycles. The van der Waals surface area contributed by atoms with Crippen molar-refractivity contribution in [1.82, 2.24) is 9.55 Å². The zero-order valence-electron chi connectivity index (χ0n) is 10.9. The topological polar surface area (TPSA) is 38.0 Å². The number of imidazole rings is 1. The third-order valence-corrected chi connectivity index (χ3v) is 2.72. The van der Waals surface area contributed by atoms with Crippen molar-refractivity contribution < 1.29 is 5.11 Å². The number of aliphatic hydroxyl groups excluding tert-OH is 1. The molecule has 0 bridgehead atoms. The SMILES string of the molecule is CCCn1cncc1C(O)CCC(C)(C)C. The van der Waals surface area contributed by atoms with E-state index in [2.05, 4.69) is 32.7 Å². The van der Waals surface area contributed by atoms with E-state index in [1.54, 1.807) is 12.5 Å². The molecular formula is C13H24N2O. The highest BCUT2D eigenvalue weighted by Crippen LogP contribution is 2.27. The predicted molar refractivity (Wildman–Crippen MR) is 66.2 cm³/mol. The van der Waals surface area contributed by atoms with Crippen LogP contribution in [-0.2, 0) is 6.54 Å². The van der Waals surface area contributed by atoms with Gasteiger partial charge in [0.05, 0.1) is 24.3 Å². The average molecular weight is 224 g/mol. The normalized spacial score (nSPS) is 14.1. The highest BCUT2D eigenvalue weighted by molar-refractivity contribution is 5.02. The summed E-state index contributed by atoms with van der Waals surface area (Å²) in [5, 5.41) is 10.1. The third kappa shape index (κ3) is 3.97. The number of aromatic nitrogens is 2. The Morgan fingerprint density at radius 3 is 2.69 bits per heavy atom. The molecule has 0 saturated heterocycles. The van der Waals surface area contributed by atoms with Gasteiger partial charge in [0.1, 0.15) is 0 Å². The van der Waals surface area contributed by atoms with Crippen LogP contribution in [0.5, 0.6) is 0 Å². The third-order valence-electron chi connectivity index (χ3n) is 2.72. The number of nitrogens with zero attached hydrogens (tertiary/aromatic N) is 2. The van der Waals surface area contributed by atoms with E-state index in [9.17, 15) is 5.11 Å². The summed E-state index contributed by atoms with van der Waals surface area (Å²) >= 11 is 0. The smallest absolute Gasteiger partial charge is 0.0956 e. The second-order valence-corrected chi connectivity index (χ2v) is 5.63. The molecule has 0 amide bonds. The van der Waals surface area contributed by atoms with Crippen molar-refractivity contribution in [2.45, 2.75) is 59.6 Å². The molecule has 1 aromatic rings. The van der Waals surface area contributed by atoms with Crippen molar-refractivity contribution in [1.29, 1.82) is 0 Å². The van der Waals surface area contributed by atoms with E-state index < -0.39 is 0 Å². The Morgan fingerprint density at radius 1 is 1.44 bits per heavy atom. The first kappa shape index (κ1) is 13.2.